The summed E-state index contributed by atoms with van der Waals surface area (Å²) < 4.78 is 5.14. The van der Waals surface area contributed by atoms with Crippen LogP contribution in [0.5, 0.6) is 0 Å². The number of hydrogen-bond acceptors (Lipinski definition) is 3. The molecule has 1 aliphatic rings. The smallest absolute Gasteiger partial charge is 0.407 e. The van der Waals surface area contributed by atoms with Crippen LogP contribution < -0.4 is 10.6 Å². The SMILES string of the molecule is CC(C)NCCCOC(=O)NC1CCCCC1. The average molecular weight is 242 g/mol. The number of carbonyl (C=O) groups excluding carboxylic acids is 1. The van der Waals surface area contributed by atoms with E-state index in [1.165, 1.54) is 19.3 Å². The van der Waals surface area contributed by atoms with Crippen LogP contribution in [-0.2, 0) is 4.74 Å². The molecular formula is C13H26N2O2. The second kappa shape index (κ2) is 8.34. The second-order valence-corrected chi connectivity index (χ2v) is 5.08. The number of amides is 1. The highest BCUT2D eigenvalue weighted by Gasteiger charge is 2.15. The minimum absolute atomic E-state index is 0.249. The summed E-state index contributed by atoms with van der Waals surface area (Å²) in [6.45, 7) is 5.61. The van der Waals surface area contributed by atoms with Gasteiger partial charge in [0.05, 0.1) is 6.61 Å². The summed E-state index contributed by atoms with van der Waals surface area (Å²) in [6, 6.07) is 0.830. The maximum absolute atomic E-state index is 11.5. The third kappa shape index (κ3) is 7.21. The van der Waals surface area contributed by atoms with Crippen molar-refractivity contribution in [1.82, 2.24) is 10.6 Å². The number of hydrogen-bond donors (Lipinski definition) is 2. The first-order chi connectivity index (χ1) is 8.18. The van der Waals surface area contributed by atoms with Crippen molar-refractivity contribution in [3.8, 4) is 0 Å². The quantitative estimate of drug-likeness (QED) is 0.703. The van der Waals surface area contributed by atoms with Gasteiger partial charge in [-0.05, 0) is 25.8 Å². The highest BCUT2D eigenvalue weighted by molar-refractivity contribution is 5.67. The van der Waals surface area contributed by atoms with Crippen molar-refractivity contribution < 1.29 is 9.53 Å². The minimum atomic E-state index is -0.249. The fourth-order valence-electron chi connectivity index (χ4n) is 2.08. The highest BCUT2D eigenvalue weighted by Crippen LogP contribution is 2.17. The normalized spacial score (nSPS) is 17.1. The number of ether oxygens (including phenoxy) is 1. The van der Waals surface area contributed by atoms with Crippen molar-refractivity contribution in [3.63, 3.8) is 0 Å². The van der Waals surface area contributed by atoms with Crippen LogP contribution in [0.4, 0.5) is 4.79 Å². The van der Waals surface area contributed by atoms with Crippen LogP contribution in [0.3, 0.4) is 0 Å². The minimum Gasteiger partial charge on any atom is -0.450 e. The molecule has 1 fully saturated rings. The third-order valence-electron chi connectivity index (χ3n) is 3.03. The fraction of sp³-hybridized carbons (Fsp3) is 0.923. The molecule has 1 amide bonds. The molecule has 17 heavy (non-hydrogen) atoms. The Hall–Kier alpha value is -0.770. The van der Waals surface area contributed by atoms with Gasteiger partial charge in [-0.1, -0.05) is 33.1 Å². The Labute approximate surface area is 104 Å². The molecule has 0 radical (unpaired) electrons. The summed E-state index contributed by atoms with van der Waals surface area (Å²) in [6.07, 6.45) is 6.58. The lowest BCUT2D eigenvalue weighted by atomic mass is 9.96. The molecular weight excluding hydrogens is 216 g/mol. The van der Waals surface area contributed by atoms with E-state index in [4.69, 9.17) is 4.74 Å². The summed E-state index contributed by atoms with van der Waals surface area (Å²) in [5, 5.41) is 6.23. The lowest BCUT2D eigenvalue weighted by Crippen LogP contribution is -2.37. The molecule has 0 unspecified atom stereocenters. The van der Waals surface area contributed by atoms with Crippen LogP contribution in [0.2, 0.25) is 0 Å². The van der Waals surface area contributed by atoms with Gasteiger partial charge in [0.2, 0.25) is 0 Å². The molecule has 1 rings (SSSR count). The first-order valence-corrected chi connectivity index (χ1v) is 6.85. The van der Waals surface area contributed by atoms with Gasteiger partial charge >= 0.3 is 6.09 Å². The van der Waals surface area contributed by atoms with Gasteiger partial charge in [0, 0.05) is 12.1 Å². The zero-order valence-corrected chi connectivity index (χ0v) is 11.1. The third-order valence-corrected chi connectivity index (χ3v) is 3.03. The number of nitrogens with one attached hydrogen (secondary N) is 2. The summed E-state index contributed by atoms with van der Waals surface area (Å²) in [5.41, 5.74) is 0. The van der Waals surface area contributed by atoms with E-state index in [2.05, 4.69) is 24.5 Å². The monoisotopic (exact) mass is 242 g/mol. The molecule has 0 aromatic rings. The van der Waals surface area contributed by atoms with Gasteiger partial charge in [0.15, 0.2) is 0 Å². The van der Waals surface area contributed by atoms with E-state index in [9.17, 15) is 4.79 Å². The van der Waals surface area contributed by atoms with Gasteiger partial charge in [-0.25, -0.2) is 4.79 Å². The number of carbonyl (C=O) groups is 1. The molecule has 2 N–H and O–H groups in total. The second-order valence-electron chi connectivity index (χ2n) is 5.08. The summed E-state index contributed by atoms with van der Waals surface area (Å²) in [7, 11) is 0. The first-order valence-electron chi connectivity index (χ1n) is 6.85. The Balaban J connectivity index is 1.97. The van der Waals surface area contributed by atoms with Gasteiger partial charge in [0.25, 0.3) is 0 Å². The van der Waals surface area contributed by atoms with Gasteiger partial charge < -0.3 is 15.4 Å². The van der Waals surface area contributed by atoms with Gasteiger partial charge in [-0.15, -0.1) is 0 Å². The summed E-state index contributed by atoms with van der Waals surface area (Å²) in [5.74, 6) is 0. The van der Waals surface area contributed by atoms with E-state index in [-0.39, 0.29) is 6.09 Å². The van der Waals surface area contributed by atoms with Crippen molar-refractivity contribution in [2.45, 2.75) is 64.5 Å². The molecule has 0 heterocycles. The van der Waals surface area contributed by atoms with Crippen LogP contribution in [-0.4, -0.2) is 31.3 Å². The molecule has 0 bridgehead atoms. The van der Waals surface area contributed by atoms with Gasteiger partial charge in [-0.2, -0.15) is 0 Å². The molecule has 0 aliphatic heterocycles. The fourth-order valence-corrected chi connectivity index (χ4v) is 2.08. The Morgan fingerprint density at radius 2 is 2.00 bits per heavy atom. The van der Waals surface area contributed by atoms with E-state index in [0.717, 1.165) is 25.8 Å². The van der Waals surface area contributed by atoms with Gasteiger partial charge in [0.1, 0.15) is 0 Å². The van der Waals surface area contributed by atoms with Crippen LogP contribution in [0.25, 0.3) is 0 Å². The maximum atomic E-state index is 11.5. The molecule has 1 aliphatic carbocycles. The molecule has 4 heteroatoms. The molecule has 0 aromatic carbocycles. The van der Waals surface area contributed by atoms with Crippen LogP contribution in [0.1, 0.15) is 52.4 Å². The van der Waals surface area contributed by atoms with Crippen LogP contribution in [0.15, 0.2) is 0 Å². The Kier molecular flexibility index (Phi) is 7.01. The van der Waals surface area contributed by atoms with Crippen LogP contribution >= 0.6 is 0 Å². The predicted octanol–water partition coefficient (Wildman–Crippen LogP) is 2.43. The topological polar surface area (TPSA) is 50.4 Å². The zero-order valence-electron chi connectivity index (χ0n) is 11.1. The van der Waals surface area contributed by atoms with Crippen molar-refractivity contribution in [3.05, 3.63) is 0 Å². The Morgan fingerprint density at radius 1 is 1.29 bits per heavy atom. The molecule has 4 nitrogen and oxygen atoms in total. The van der Waals surface area contributed by atoms with E-state index in [1.807, 2.05) is 0 Å². The van der Waals surface area contributed by atoms with Crippen molar-refractivity contribution in [1.29, 1.82) is 0 Å². The number of rotatable bonds is 6. The molecule has 0 saturated heterocycles. The van der Waals surface area contributed by atoms with E-state index in [1.54, 1.807) is 0 Å². The van der Waals surface area contributed by atoms with Gasteiger partial charge in [-0.3, -0.25) is 0 Å². The zero-order chi connectivity index (χ0) is 12.5. The highest BCUT2D eigenvalue weighted by atomic mass is 16.5. The molecule has 0 spiro atoms. The summed E-state index contributed by atoms with van der Waals surface area (Å²) in [4.78, 5) is 11.5. The maximum Gasteiger partial charge on any atom is 0.407 e. The average Bonchev–Trinajstić information content (AvgIpc) is 2.29. The van der Waals surface area contributed by atoms with Crippen molar-refractivity contribution in [2.75, 3.05) is 13.2 Å². The Morgan fingerprint density at radius 3 is 2.65 bits per heavy atom. The molecule has 0 atom stereocenters. The molecule has 0 aromatic heterocycles. The molecule has 100 valence electrons. The van der Waals surface area contributed by atoms with E-state index >= 15 is 0 Å². The van der Waals surface area contributed by atoms with E-state index in [0.29, 0.717) is 18.7 Å². The van der Waals surface area contributed by atoms with Crippen molar-refractivity contribution in [2.24, 2.45) is 0 Å². The largest absolute Gasteiger partial charge is 0.450 e. The predicted molar refractivity (Wildman–Crippen MR) is 69.1 cm³/mol. The van der Waals surface area contributed by atoms with E-state index < -0.39 is 0 Å². The molecule has 1 saturated carbocycles. The van der Waals surface area contributed by atoms with Crippen LogP contribution in [0, 0.1) is 0 Å². The lowest BCUT2D eigenvalue weighted by molar-refractivity contribution is 0.138. The Bertz CT molecular complexity index is 213. The first kappa shape index (κ1) is 14.3. The standard InChI is InChI=1S/C13H26N2O2/c1-11(2)14-9-6-10-17-13(16)15-12-7-4-3-5-8-12/h11-12,14H,3-10H2,1-2H3,(H,15,16). The lowest BCUT2D eigenvalue weighted by Gasteiger charge is -2.22. The number of alkyl carbamates (subject to hydrolysis) is 1. The van der Waals surface area contributed by atoms with Crippen molar-refractivity contribution >= 4 is 6.09 Å². The summed E-state index contributed by atoms with van der Waals surface area (Å²) >= 11 is 0.